The van der Waals surface area contributed by atoms with Crippen LogP contribution in [0.1, 0.15) is 30.6 Å². The topological polar surface area (TPSA) is 80.4 Å². The third kappa shape index (κ3) is 3.92. The number of thioether (sulfide) groups is 1. The average Bonchev–Trinajstić information content (AvgIpc) is 2.35. The maximum atomic E-state index is 13.4. The van der Waals surface area contributed by atoms with Crippen molar-refractivity contribution in [2.24, 2.45) is 5.92 Å². The van der Waals surface area contributed by atoms with Gasteiger partial charge in [-0.05, 0) is 12.0 Å². The molecule has 0 saturated carbocycles. The summed E-state index contributed by atoms with van der Waals surface area (Å²) in [6, 6.07) is 1.70. The van der Waals surface area contributed by atoms with Gasteiger partial charge in [0.25, 0.3) is 5.69 Å². The van der Waals surface area contributed by atoms with Crippen LogP contribution in [-0.4, -0.2) is 21.8 Å². The smallest absolute Gasteiger partial charge is 0.338 e. The number of carbonyl (C=O) groups is 1. The Bertz CT molecular complexity index is 507. The minimum absolute atomic E-state index is 0.184. The maximum Gasteiger partial charge on any atom is 0.338 e. The molecule has 1 unspecified atom stereocenters. The van der Waals surface area contributed by atoms with Crippen molar-refractivity contribution in [2.45, 2.75) is 25.2 Å². The van der Waals surface area contributed by atoms with Crippen LogP contribution in [0, 0.1) is 21.8 Å². The Morgan fingerprint density at radius 3 is 2.68 bits per heavy atom. The maximum absolute atomic E-state index is 13.4. The summed E-state index contributed by atoms with van der Waals surface area (Å²) in [7, 11) is 0. The molecule has 0 fully saturated rings. The van der Waals surface area contributed by atoms with Gasteiger partial charge in [0.1, 0.15) is 5.82 Å². The summed E-state index contributed by atoms with van der Waals surface area (Å²) in [5.74, 6) is -1.57. The van der Waals surface area contributed by atoms with Gasteiger partial charge >= 0.3 is 5.97 Å². The molecular weight excluding hydrogens is 273 g/mol. The second kappa shape index (κ2) is 6.51. The van der Waals surface area contributed by atoms with Crippen LogP contribution in [-0.2, 0) is 0 Å². The van der Waals surface area contributed by atoms with Crippen molar-refractivity contribution in [3.63, 3.8) is 0 Å². The molecule has 0 radical (unpaired) electrons. The standard InChI is InChI=1S/C12H14FNO4S/c1-3-7(2)6-19-11-4-8(12(15)16)9(13)5-10(11)14(17)18/h4-5,7H,3,6H2,1-2H3,(H,15,16). The highest BCUT2D eigenvalue weighted by atomic mass is 32.2. The summed E-state index contributed by atoms with van der Waals surface area (Å²) in [6.45, 7) is 3.98. The Hall–Kier alpha value is -1.63. The zero-order valence-electron chi connectivity index (χ0n) is 10.6. The predicted molar refractivity (Wildman–Crippen MR) is 70.2 cm³/mol. The minimum atomic E-state index is -1.43. The number of carboxylic acid groups (broad SMARTS) is 1. The first kappa shape index (κ1) is 15.4. The third-order valence-electron chi connectivity index (χ3n) is 2.70. The van der Waals surface area contributed by atoms with Crippen LogP contribution in [0.4, 0.5) is 10.1 Å². The SMILES string of the molecule is CCC(C)CSc1cc(C(=O)O)c(F)cc1[N+](=O)[O-]. The summed E-state index contributed by atoms with van der Waals surface area (Å²) < 4.78 is 13.4. The summed E-state index contributed by atoms with van der Waals surface area (Å²) in [5, 5.41) is 19.7. The summed E-state index contributed by atoms with van der Waals surface area (Å²) in [5.41, 5.74) is -0.937. The highest BCUT2D eigenvalue weighted by molar-refractivity contribution is 7.99. The fourth-order valence-corrected chi connectivity index (χ4v) is 2.50. The molecule has 0 amide bonds. The lowest BCUT2D eigenvalue weighted by Gasteiger charge is -2.09. The van der Waals surface area contributed by atoms with Gasteiger partial charge in [-0.25, -0.2) is 9.18 Å². The molecule has 1 aromatic carbocycles. The molecule has 1 rings (SSSR count). The van der Waals surface area contributed by atoms with Gasteiger partial charge in [-0.15, -0.1) is 11.8 Å². The van der Waals surface area contributed by atoms with E-state index in [-0.39, 0.29) is 4.90 Å². The second-order valence-corrected chi connectivity index (χ2v) is 5.25. The van der Waals surface area contributed by atoms with Crippen molar-refractivity contribution < 1.29 is 19.2 Å². The molecule has 7 heteroatoms. The van der Waals surface area contributed by atoms with Crippen LogP contribution >= 0.6 is 11.8 Å². The van der Waals surface area contributed by atoms with Gasteiger partial charge in [-0.2, -0.15) is 0 Å². The average molecular weight is 287 g/mol. The second-order valence-electron chi connectivity index (χ2n) is 4.19. The van der Waals surface area contributed by atoms with Crippen LogP contribution < -0.4 is 0 Å². The molecule has 0 bridgehead atoms. The molecule has 0 aliphatic rings. The normalized spacial score (nSPS) is 12.2. The van der Waals surface area contributed by atoms with E-state index in [0.717, 1.165) is 12.5 Å². The van der Waals surface area contributed by atoms with E-state index >= 15 is 0 Å². The van der Waals surface area contributed by atoms with Crippen molar-refractivity contribution in [2.75, 3.05) is 5.75 Å². The van der Waals surface area contributed by atoms with E-state index in [1.807, 2.05) is 13.8 Å². The van der Waals surface area contributed by atoms with E-state index in [4.69, 9.17) is 5.11 Å². The molecule has 5 nitrogen and oxygen atoms in total. The van der Waals surface area contributed by atoms with Crippen molar-refractivity contribution in [3.05, 3.63) is 33.6 Å². The molecule has 0 spiro atoms. The summed E-state index contributed by atoms with van der Waals surface area (Å²) >= 11 is 1.18. The number of hydrogen-bond acceptors (Lipinski definition) is 4. The predicted octanol–water partition coefficient (Wildman–Crippen LogP) is 3.57. The molecule has 1 aromatic rings. The van der Waals surface area contributed by atoms with Crippen LogP contribution in [0.25, 0.3) is 0 Å². The van der Waals surface area contributed by atoms with Crippen molar-refractivity contribution in [3.8, 4) is 0 Å². The molecule has 0 aliphatic heterocycles. The Morgan fingerprint density at radius 2 is 2.21 bits per heavy atom. The fourth-order valence-electron chi connectivity index (χ4n) is 1.31. The van der Waals surface area contributed by atoms with Crippen LogP contribution in [0.5, 0.6) is 0 Å². The van der Waals surface area contributed by atoms with Gasteiger partial charge in [0, 0.05) is 5.75 Å². The lowest BCUT2D eigenvalue weighted by Crippen LogP contribution is -2.04. The van der Waals surface area contributed by atoms with Crippen molar-refractivity contribution in [1.29, 1.82) is 0 Å². The van der Waals surface area contributed by atoms with Crippen LogP contribution in [0.15, 0.2) is 17.0 Å². The van der Waals surface area contributed by atoms with E-state index in [1.165, 1.54) is 11.8 Å². The number of hydrogen-bond donors (Lipinski definition) is 1. The molecule has 1 N–H and O–H groups in total. The fraction of sp³-hybridized carbons (Fsp3) is 0.417. The Balaban J connectivity index is 3.14. The van der Waals surface area contributed by atoms with E-state index in [2.05, 4.69) is 0 Å². The van der Waals surface area contributed by atoms with Crippen molar-refractivity contribution >= 4 is 23.4 Å². The van der Waals surface area contributed by atoms with Gasteiger partial charge in [0.05, 0.1) is 21.4 Å². The first-order valence-electron chi connectivity index (χ1n) is 5.70. The Kier molecular flexibility index (Phi) is 5.29. The molecular formula is C12H14FNO4S. The van der Waals surface area contributed by atoms with Crippen LogP contribution in [0.2, 0.25) is 0 Å². The molecule has 19 heavy (non-hydrogen) atoms. The number of carboxylic acids is 1. The monoisotopic (exact) mass is 287 g/mol. The number of halogens is 1. The van der Waals surface area contributed by atoms with Gasteiger partial charge < -0.3 is 5.11 Å². The number of benzene rings is 1. The van der Waals surface area contributed by atoms with Gasteiger partial charge in [0.2, 0.25) is 0 Å². The zero-order valence-corrected chi connectivity index (χ0v) is 11.4. The lowest BCUT2D eigenvalue weighted by atomic mass is 10.2. The van der Waals surface area contributed by atoms with Crippen LogP contribution in [0.3, 0.4) is 0 Å². The number of rotatable bonds is 6. The Labute approximate surface area is 114 Å². The van der Waals surface area contributed by atoms with Gasteiger partial charge in [-0.3, -0.25) is 10.1 Å². The quantitative estimate of drug-likeness (QED) is 0.491. The number of nitro benzene ring substituents is 1. The summed E-state index contributed by atoms with van der Waals surface area (Å²) in [4.78, 5) is 21.2. The van der Waals surface area contributed by atoms with E-state index in [1.54, 1.807) is 0 Å². The largest absolute Gasteiger partial charge is 0.478 e. The first-order chi connectivity index (χ1) is 8.86. The van der Waals surface area contributed by atoms with E-state index in [9.17, 15) is 19.3 Å². The van der Waals surface area contributed by atoms with E-state index in [0.29, 0.717) is 17.7 Å². The molecule has 104 valence electrons. The zero-order chi connectivity index (χ0) is 14.6. The molecule has 0 aliphatic carbocycles. The van der Waals surface area contributed by atoms with Gasteiger partial charge in [-0.1, -0.05) is 20.3 Å². The molecule has 0 saturated heterocycles. The molecule has 0 aromatic heterocycles. The minimum Gasteiger partial charge on any atom is -0.478 e. The number of aromatic carboxylic acids is 1. The first-order valence-corrected chi connectivity index (χ1v) is 6.69. The summed E-state index contributed by atoms with van der Waals surface area (Å²) in [6.07, 6.45) is 0.910. The van der Waals surface area contributed by atoms with Gasteiger partial charge in [0.15, 0.2) is 0 Å². The highest BCUT2D eigenvalue weighted by Gasteiger charge is 2.22. The number of nitrogens with zero attached hydrogens (tertiary/aromatic N) is 1. The molecule has 0 heterocycles. The molecule has 1 atom stereocenters. The highest BCUT2D eigenvalue weighted by Crippen LogP contribution is 2.33. The Morgan fingerprint density at radius 1 is 1.58 bits per heavy atom. The third-order valence-corrected chi connectivity index (χ3v) is 4.07. The van der Waals surface area contributed by atoms with Crippen molar-refractivity contribution in [1.82, 2.24) is 0 Å². The number of nitro groups is 1. The lowest BCUT2D eigenvalue weighted by molar-refractivity contribution is -0.387. The van der Waals surface area contributed by atoms with E-state index < -0.39 is 28.0 Å².